The largest absolute Gasteiger partial charge is 0.422 e. The Kier molecular flexibility index (Phi) is 5.24. The summed E-state index contributed by atoms with van der Waals surface area (Å²) in [7, 11) is 1.69. The molecule has 146 valence electrons. The van der Waals surface area contributed by atoms with Crippen molar-refractivity contribution in [1.29, 1.82) is 0 Å². The van der Waals surface area contributed by atoms with Gasteiger partial charge in [0.1, 0.15) is 11.1 Å². The Hall–Kier alpha value is -3.67. The molecule has 4 rings (SSSR count). The standard InChI is InChI=1S/C23H21N3O3/c1-26(22(27)19-14-17-10-5-6-12-21(17)29-23(19)28)13-7-11-18-15-20(25-24-18)16-8-3-2-4-9-16/h2-6,8-10,12,14-15H,7,11,13H2,1H3,(H,24,25). The molecule has 0 saturated carbocycles. The number of carbonyl (C=O) groups excluding carboxylic acids is 1. The van der Waals surface area contributed by atoms with E-state index in [4.69, 9.17) is 4.42 Å². The first kappa shape index (κ1) is 18.7. The number of hydrogen-bond acceptors (Lipinski definition) is 4. The number of amides is 1. The summed E-state index contributed by atoms with van der Waals surface area (Å²) in [6.45, 7) is 0.519. The van der Waals surface area contributed by atoms with E-state index in [2.05, 4.69) is 10.2 Å². The van der Waals surface area contributed by atoms with Crippen LogP contribution in [0, 0.1) is 0 Å². The third kappa shape index (κ3) is 4.11. The minimum atomic E-state index is -0.610. The van der Waals surface area contributed by atoms with Crippen molar-refractivity contribution in [3.05, 3.63) is 88.4 Å². The summed E-state index contributed by atoms with van der Waals surface area (Å²) in [5, 5.41) is 8.13. The topological polar surface area (TPSA) is 79.2 Å². The van der Waals surface area contributed by atoms with Gasteiger partial charge in [-0.3, -0.25) is 9.89 Å². The molecule has 0 aliphatic rings. The number of aromatic nitrogens is 2. The van der Waals surface area contributed by atoms with E-state index in [0.29, 0.717) is 12.1 Å². The van der Waals surface area contributed by atoms with Gasteiger partial charge < -0.3 is 9.32 Å². The van der Waals surface area contributed by atoms with Gasteiger partial charge in [-0.25, -0.2) is 4.79 Å². The number of para-hydroxylation sites is 1. The molecule has 2 aromatic carbocycles. The lowest BCUT2D eigenvalue weighted by atomic mass is 10.1. The van der Waals surface area contributed by atoms with Crippen LogP contribution in [0.25, 0.3) is 22.2 Å². The summed E-state index contributed by atoms with van der Waals surface area (Å²) in [6, 6.07) is 20.7. The molecular weight excluding hydrogens is 366 g/mol. The summed E-state index contributed by atoms with van der Waals surface area (Å²) < 4.78 is 5.27. The molecule has 6 heteroatoms. The Bertz CT molecular complexity index is 1190. The van der Waals surface area contributed by atoms with E-state index in [-0.39, 0.29) is 11.5 Å². The average molecular weight is 387 g/mol. The predicted octanol–water partition coefficient (Wildman–Crippen LogP) is 3.89. The van der Waals surface area contributed by atoms with Crippen LogP contribution in [0.3, 0.4) is 0 Å². The first-order valence-electron chi connectivity index (χ1n) is 9.50. The summed E-state index contributed by atoms with van der Waals surface area (Å²) in [6.07, 6.45) is 1.50. The fourth-order valence-corrected chi connectivity index (χ4v) is 3.27. The molecule has 0 bridgehead atoms. The molecule has 0 atom stereocenters. The Morgan fingerprint density at radius 3 is 2.66 bits per heavy atom. The molecule has 1 N–H and O–H groups in total. The number of aryl methyl sites for hydroxylation is 1. The van der Waals surface area contributed by atoms with E-state index in [1.165, 1.54) is 0 Å². The fraction of sp³-hybridized carbons (Fsp3) is 0.174. The predicted molar refractivity (Wildman–Crippen MR) is 112 cm³/mol. The second-order valence-corrected chi connectivity index (χ2v) is 6.96. The second kappa shape index (κ2) is 8.14. The Morgan fingerprint density at radius 2 is 1.83 bits per heavy atom. The highest BCUT2D eigenvalue weighted by molar-refractivity contribution is 5.96. The van der Waals surface area contributed by atoms with Crippen LogP contribution >= 0.6 is 0 Å². The van der Waals surface area contributed by atoms with Crippen molar-refractivity contribution in [3.63, 3.8) is 0 Å². The van der Waals surface area contributed by atoms with E-state index in [1.54, 1.807) is 30.1 Å². The zero-order valence-electron chi connectivity index (χ0n) is 16.1. The van der Waals surface area contributed by atoms with Crippen LogP contribution in [-0.4, -0.2) is 34.6 Å². The number of benzene rings is 2. The van der Waals surface area contributed by atoms with Crippen molar-refractivity contribution in [2.24, 2.45) is 0 Å². The minimum Gasteiger partial charge on any atom is -0.422 e. The van der Waals surface area contributed by atoms with Crippen molar-refractivity contribution < 1.29 is 9.21 Å². The van der Waals surface area contributed by atoms with Gasteiger partial charge in [-0.1, -0.05) is 48.5 Å². The molecule has 2 heterocycles. The number of carbonyl (C=O) groups is 1. The summed E-state index contributed by atoms with van der Waals surface area (Å²) >= 11 is 0. The monoisotopic (exact) mass is 387 g/mol. The zero-order valence-corrected chi connectivity index (χ0v) is 16.1. The second-order valence-electron chi connectivity index (χ2n) is 6.96. The van der Waals surface area contributed by atoms with E-state index in [0.717, 1.165) is 35.2 Å². The first-order valence-corrected chi connectivity index (χ1v) is 9.50. The quantitative estimate of drug-likeness (QED) is 0.509. The number of nitrogens with one attached hydrogen (secondary N) is 1. The first-order chi connectivity index (χ1) is 14.1. The third-order valence-corrected chi connectivity index (χ3v) is 4.86. The van der Waals surface area contributed by atoms with Crippen LogP contribution in [0.4, 0.5) is 0 Å². The van der Waals surface area contributed by atoms with Gasteiger partial charge in [-0.2, -0.15) is 5.10 Å². The normalized spacial score (nSPS) is 10.9. The molecule has 0 fully saturated rings. The highest BCUT2D eigenvalue weighted by atomic mass is 16.4. The SMILES string of the molecule is CN(CCCc1cc(-c2ccccc2)n[nH]1)C(=O)c1cc2ccccc2oc1=O. The highest BCUT2D eigenvalue weighted by Crippen LogP contribution is 2.18. The Labute approximate surface area is 167 Å². The van der Waals surface area contributed by atoms with Crippen LogP contribution in [0.15, 0.2) is 75.9 Å². The third-order valence-electron chi connectivity index (χ3n) is 4.86. The molecule has 1 amide bonds. The van der Waals surface area contributed by atoms with Gasteiger partial charge in [0.15, 0.2) is 0 Å². The molecule has 0 radical (unpaired) electrons. The van der Waals surface area contributed by atoms with E-state index < -0.39 is 5.63 Å². The zero-order chi connectivity index (χ0) is 20.2. The molecule has 2 aromatic heterocycles. The maximum absolute atomic E-state index is 12.7. The summed E-state index contributed by atoms with van der Waals surface area (Å²) in [4.78, 5) is 26.4. The number of nitrogens with zero attached hydrogens (tertiary/aromatic N) is 2. The van der Waals surface area contributed by atoms with Gasteiger partial charge in [0.25, 0.3) is 5.91 Å². The van der Waals surface area contributed by atoms with Crippen molar-refractivity contribution in [2.75, 3.05) is 13.6 Å². The lowest BCUT2D eigenvalue weighted by molar-refractivity contribution is 0.0789. The Balaban J connectivity index is 1.38. The van der Waals surface area contributed by atoms with Crippen LogP contribution in [-0.2, 0) is 6.42 Å². The molecule has 0 aliphatic heterocycles. The molecule has 6 nitrogen and oxygen atoms in total. The molecule has 0 aliphatic carbocycles. The van der Waals surface area contributed by atoms with E-state index in [1.807, 2.05) is 48.5 Å². The summed E-state index contributed by atoms with van der Waals surface area (Å²) in [5.41, 5.74) is 2.89. The average Bonchev–Trinajstić information content (AvgIpc) is 3.22. The van der Waals surface area contributed by atoms with Gasteiger partial charge in [0, 0.05) is 30.2 Å². The van der Waals surface area contributed by atoms with Crippen molar-refractivity contribution >= 4 is 16.9 Å². The van der Waals surface area contributed by atoms with Crippen LogP contribution in [0.1, 0.15) is 22.5 Å². The number of hydrogen-bond donors (Lipinski definition) is 1. The summed E-state index contributed by atoms with van der Waals surface area (Å²) in [5.74, 6) is -0.334. The number of fused-ring (bicyclic) bond motifs is 1. The highest BCUT2D eigenvalue weighted by Gasteiger charge is 2.17. The van der Waals surface area contributed by atoms with Gasteiger partial charge in [0.2, 0.25) is 0 Å². The van der Waals surface area contributed by atoms with Crippen molar-refractivity contribution in [2.45, 2.75) is 12.8 Å². The number of aromatic amines is 1. The van der Waals surface area contributed by atoms with E-state index in [9.17, 15) is 9.59 Å². The minimum absolute atomic E-state index is 0.0547. The smallest absolute Gasteiger partial charge is 0.349 e. The molecular formula is C23H21N3O3. The van der Waals surface area contributed by atoms with E-state index >= 15 is 0 Å². The van der Waals surface area contributed by atoms with Gasteiger partial charge in [-0.15, -0.1) is 0 Å². The van der Waals surface area contributed by atoms with Gasteiger partial charge in [-0.05, 0) is 31.0 Å². The van der Waals surface area contributed by atoms with Gasteiger partial charge >= 0.3 is 5.63 Å². The molecule has 0 saturated heterocycles. The lowest BCUT2D eigenvalue weighted by Gasteiger charge is -2.16. The maximum atomic E-state index is 12.7. The number of rotatable bonds is 6. The van der Waals surface area contributed by atoms with Crippen molar-refractivity contribution in [1.82, 2.24) is 15.1 Å². The molecule has 29 heavy (non-hydrogen) atoms. The fourth-order valence-electron chi connectivity index (χ4n) is 3.27. The lowest BCUT2D eigenvalue weighted by Crippen LogP contribution is -2.31. The Morgan fingerprint density at radius 1 is 1.07 bits per heavy atom. The molecule has 4 aromatic rings. The van der Waals surface area contributed by atoms with Crippen LogP contribution in [0.2, 0.25) is 0 Å². The van der Waals surface area contributed by atoms with Gasteiger partial charge in [0.05, 0.1) is 5.69 Å². The molecule has 0 spiro atoms. The van der Waals surface area contributed by atoms with Crippen LogP contribution < -0.4 is 5.63 Å². The van der Waals surface area contributed by atoms with Crippen LogP contribution in [0.5, 0.6) is 0 Å². The molecule has 0 unspecified atom stereocenters. The maximum Gasteiger partial charge on any atom is 0.349 e. The van der Waals surface area contributed by atoms with Crippen molar-refractivity contribution in [3.8, 4) is 11.3 Å². The number of H-pyrrole nitrogens is 1.